The summed E-state index contributed by atoms with van der Waals surface area (Å²) >= 11 is 0. The Balaban J connectivity index is 2.12. The highest BCUT2D eigenvalue weighted by atomic mass is 16.5. The zero-order chi connectivity index (χ0) is 10.7. The SMILES string of the molecule is NCCNC(=O)c1ccc2c(c1)CCO2. The molecule has 80 valence electrons. The quantitative estimate of drug-likeness (QED) is 0.748. The molecule has 1 heterocycles. The van der Waals surface area contributed by atoms with Gasteiger partial charge >= 0.3 is 0 Å². The largest absolute Gasteiger partial charge is 0.493 e. The zero-order valence-electron chi connectivity index (χ0n) is 8.45. The van der Waals surface area contributed by atoms with Gasteiger partial charge in [-0.2, -0.15) is 0 Å². The lowest BCUT2D eigenvalue weighted by atomic mass is 10.1. The maximum Gasteiger partial charge on any atom is 0.251 e. The number of carbonyl (C=O) groups is 1. The second-order valence-corrected chi connectivity index (χ2v) is 3.47. The first-order valence-electron chi connectivity index (χ1n) is 5.05. The van der Waals surface area contributed by atoms with E-state index in [4.69, 9.17) is 10.5 Å². The second kappa shape index (κ2) is 4.31. The van der Waals surface area contributed by atoms with E-state index in [-0.39, 0.29) is 5.91 Å². The Labute approximate surface area is 88.4 Å². The number of hydrogen-bond acceptors (Lipinski definition) is 3. The lowest BCUT2D eigenvalue weighted by Gasteiger charge is -2.04. The van der Waals surface area contributed by atoms with Crippen molar-refractivity contribution in [3.8, 4) is 5.75 Å². The van der Waals surface area contributed by atoms with Crippen LogP contribution in [0.1, 0.15) is 15.9 Å². The minimum atomic E-state index is -0.0739. The Bertz CT molecular complexity index is 377. The van der Waals surface area contributed by atoms with E-state index >= 15 is 0 Å². The molecule has 1 aliphatic rings. The molecule has 0 bridgehead atoms. The van der Waals surface area contributed by atoms with Gasteiger partial charge in [-0.3, -0.25) is 4.79 Å². The van der Waals surface area contributed by atoms with E-state index in [0.29, 0.717) is 25.3 Å². The van der Waals surface area contributed by atoms with Crippen molar-refractivity contribution < 1.29 is 9.53 Å². The summed E-state index contributed by atoms with van der Waals surface area (Å²) in [4.78, 5) is 11.6. The molecular formula is C11H14N2O2. The second-order valence-electron chi connectivity index (χ2n) is 3.47. The number of nitrogens with two attached hydrogens (primary N) is 1. The summed E-state index contributed by atoms with van der Waals surface area (Å²) in [6.45, 7) is 1.68. The Hall–Kier alpha value is -1.55. The number of nitrogens with one attached hydrogen (secondary N) is 1. The van der Waals surface area contributed by atoms with Crippen LogP contribution in [-0.2, 0) is 6.42 Å². The topological polar surface area (TPSA) is 64.3 Å². The van der Waals surface area contributed by atoms with Crippen molar-refractivity contribution in [1.82, 2.24) is 5.32 Å². The molecule has 0 fully saturated rings. The highest BCUT2D eigenvalue weighted by Gasteiger charge is 2.14. The van der Waals surface area contributed by atoms with Gasteiger partial charge in [0, 0.05) is 25.1 Å². The Morgan fingerprint density at radius 2 is 2.40 bits per heavy atom. The number of amides is 1. The fraction of sp³-hybridized carbons (Fsp3) is 0.364. The van der Waals surface area contributed by atoms with Crippen LogP contribution in [0.3, 0.4) is 0 Å². The smallest absolute Gasteiger partial charge is 0.251 e. The molecule has 3 N–H and O–H groups in total. The molecule has 0 aliphatic carbocycles. The fourth-order valence-electron chi connectivity index (χ4n) is 1.62. The molecule has 2 rings (SSSR count). The summed E-state index contributed by atoms with van der Waals surface area (Å²) in [5.74, 6) is 0.820. The minimum absolute atomic E-state index is 0.0739. The van der Waals surface area contributed by atoms with E-state index in [1.54, 1.807) is 6.07 Å². The van der Waals surface area contributed by atoms with E-state index < -0.39 is 0 Å². The van der Waals surface area contributed by atoms with Crippen molar-refractivity contribution in [2.24, 2.45) is 5.73 Å². The maximum absolute atomic E-state index is 11.6. The van der Waals surface area contributed by atoms with Gasteiger partial charge in [0.25, 0.3) is 5.91 Å². The predicted molar refractivity (Wildman–Crippen MR) is 57.0 cm³/mol. The summed E-state index contributed by atoms with van der Waals surface area (Å²) in [6, 6.07) is 5.50. The van der Waals surface area contributed by atoms with Crippen LogP contribution in [0.25, 0.3) is 0 Å². The Kier molecular flexibility index (Phi) is 2.87. The van der Waals surface area contributed by atoms with Crippen molar-refractivity contribution in [3.05, 3.63) is 29.3 Å². The van der Waals surface area contributed by atoms with Crippen molar-refractivity contribution in [2.45, 2.75) is 6.42 Å². The van der Waals surface area contributed by atoms with Gasteiger partial charge in [-0.1, -0.05) is 0 Å². The average molecular weight is 206 g/mol. The summed E-state index contributed by atoms with van der Waals surface area (Å²) in [5.41, 5.74) is 7.09. The third kappa shape index (κ3) is 2.10. The molecule has 0 atom stereocenters. The lowest BCUT2D eigenvalue weighted by molar-refractivity contribution is 0.0954. The third-order valence-electron chi connectivity index (χ3n) is 2.38. The summed E-state index contributed by atoms with van der Waals surface area (Å²) in [7, 11) is 0. The molecule has 4 nitrogen and oxygen atoms in total. The number of ether oxygens (including phenoxy) is 1. The predicted octanol–water partition coefficient (Wildman–Crippen LogP) is 0.310. The number of fused-ring (bicyclic) bond motifs is 1. The van der Waals surface area contributed by atoms with Crippen LogP contribution in [0.4, 0.5) is 0 Å². The number of hydrogen-bond donors (Lipinski definition) is 2. The molecule has 0 radical (unpaired) electrons. The molecule has 0 aromatic heterocycles. The highest BCUT2D eigenvalue weighted by Crippen LogP contribution is 2.25. The van der Waals surface area contributed by atoms with Gasteiger partial charge in [0.05, 0.1) is 6.61 Å². The normalized spacial score (nSPS) is 13.1. The Morgan fingerprint density at radius 1 is 1.53 bits per heavy atom. The number of benzene rings is 1. The van der Waals surface area contributed by atoms with Crippen LogP contribution >= 0.6 is 0 Å². The van der Waals surface area contributed by atoms with Gasteiger partial charge in [0.1, 0.15) is 5.75 Å². The number of rotatable bonds is 3. The number of carbonyl (C=O) groups excluding carboxylic acids is 1. The van der Waals surface area contributed by atoms with Crippen LogP contribution < -0.4 is 15.8 Å². The van der Waals surface area contributed by atoms with Crippen molar-refractivity contribution >= 4 is 5.91 Å². The molecule has 4 heteroatoms. The monoisotopic (exact) mass is 206 g/mol. The van der Waals surface area contributed by atoms with Gasteiger partial charge in [0.15, 0.2) is 0 Å². The lowest BCUT2D eigenvalue weighted by Crippen LogP contribution is -2.28. The zero-order valence-corrected chi connectivity index (χ0v) is 8.45. The molecule has 1 aliphatic heterocycles. The summed E-state index contributed by atoms with van der Waals surface area (Å²) in [6.07, 6.45) is 0.882. The molecule has 0 saturated heterocycles. The standard InChI is InChI=1S/C11H14N2O2/c12-4-5-13-11(14)9-1-2-10-8(7-9)3-6-15-10/h1-2,7H,3-6,12H2,(H,13,14). The average Bonchev–Trinajstić information content (AvgIpc) is 2.72. The van der Waals surface area contributed by atoms with Crippen molar-refractivity contribution in [2.75, 3.05) is 19.7 Å². The maximum atomic E-state index is 11.6. The molecule has 0 spiro atoms. The van der Waals surface area contributed by atoms with Gasteiger partial charge < -0.3 is 15.8 Å². The third-order valence-corrected chi connectivity index (χ3v) is 2.38. The molecule has 0 saturated carbocycles. The minimum Gasteiger partial charge on any atom is -0.493 e. The summed E-state index contributed by atoms with van der Waals surface area (Å²) < 4.78 is 5.36. The first kappa shape index (κ1) is 9.98. The van der Waals surface area contributed by atoms with E-state index in [9.17, 15) is 4.79 Å². The highest BCUT2D eigenvalue weighted by molar-refractivity contribution is 5.94. The molecule has 15 heavy (non-hydrogen) atoms. The van der Waals surface area contributed by atoms with Gasteiger partial charge in [-0.25, -0.2) is 0 Å². The first-order valence-corrected chi connectivity index (χ1v) is 5.05. The molecule has 0 unspecified atom stereocenters. The first-order chi connectivity index (χ1) is 7.31. The van der Waals surface area contributed by atoms with E-state index in [1.165, 1.54) is 0 Å². The molecule has 1 aromatic carbocycles. The van der Waals surface area contributed by atoms with Crippen LogP contribution in [0.2, 0.25) is 0 Å². The van der Waals surface area contributed by atoms with E-state index in [0.717, 1.165) is 17.7 Å². The van der Waals surface area contributed by atoms with Crippen LogP contribution in [0.5, 0.6) is 5.75 Å². The van der Waals surface area contributed by atoms with Gasteiger partial charge in [0.2, 0.25) is 0 Å². The van der Waals surface area contributed by atoms with Crippen molar-refractivity contribution in [3.63, 3.8) is 0 Å². The van der Waals surface area contributed by atoms with E-state index in [2.05, 4.69) is 5.32 Å². The molecular weight excluding hydrogens is 192 g/mol. The molecule has 1 amide bonds. The van der Waals surface area contributed by atoms with Gasteiger partial charge in [-0.05, 0) is 23.8 Å². The van der Waals surface area contributed by atoms with Crippen molar-refractivity contribution in [1.29, 1.82) is 0 Å². The van der Waals surface area contributed by atoms with Crippen LogP contribution in [-0.4, -0.2) is 25.6 Å². The summed E-state index contributed by atoms with van der Waals surface area (Å²) in [5, 5.41) is 2.74. The van der Waals surface area contributed by atoms with Crippen LogP contribution in [0.15, 0.2) is 18.2 Å². The Morgan fingerprint density at radius 3 is 3.20 bits per heavy atom. The van der Waals surface area contributed by atoms with Crippen LogP contribution in [0, 0.1) is 0 Å². The van der Waals surface area contributed by atoms with E-state index in [1.807, 2.05) is 12.1 Å². The fourth-order valence-corrected chi connectivity index (χ4v) is 1.62. The molecule has 1 aromatic rings. The van der Waals surface area contributed by atoms with Gasteiger partial charge in [-0.15, -0.1) is 0 Å².